The Balaban J connectivity index is 1.35. The number of benzene rings is 3. The third-order valence-corrected chi connectivity index (χ3v) is 6.91. The molecule has 5 rings (SSSR count). The lowest BCUT2D eigenvalue weighted by Gasteiger charge is -2.06. The first-order valence-corrected chi connectivity index (χ1v) is 11.4. The summed E-state index contributed by atoms with van der Waals surface area (Å²) in [4.78, 5) is 17.3. The predicted molar refractivity (Wildman–Crippen MR) is 132 cm³/mol. The minimum absolute atomic E-state index is 0.164. The van der Waals surface area contributed by atoms with Crippen molar-refractivity contribution >= 4 is 68.0 Å². The molecule has 4 nitrogen and oxygen atoms in total. The van der Waals surface area contributed by atoms with E-state index in [0.29, 0.717) is 26.5 Å². The van der Waals surface area contributed by atoms with Crippen molar-refractivity contribution < 1.29 is 9.21 Å². The molecule has 0 bridgehead atoms. The number of hydrogen-bond acceptors (Lipinski definition) is 4. The van der Waals surface area contributed by atoms with Gasteiger partial charge in [-0.25, -0.2) is 4.98 Å². The number of hydrogen-bond donors (Lipinski definition) is 1. The van der Waals surface area contributed by atoms with Gasteiger partial charge >= 0.3 is 0 Å². The summed E-state index contributed by atoms with van der Waals surface area (Å²) in [6, 6.07) is 21.7. The molecule has 5 aromatic rings. The van der Waals surface area contributed by atoms with E-state index < -0.39 is 0 Å². The van der Waals surface area contributed by atoms with E-state index in [1.54, 1.807) is 53.8 Å². The second kappa shape index (κ2) is 8.60. The average molecular weight is 500 g/mol. The Bertz CT molecular complexity index is 1440. The van der Waals surface area contributed by atoms with E-state index in [0.717, 1.165) is 26.4 Å². The summed E-state index contributed by atoms with van der Waals surface area (Å²) < 4.78 is 6.79. The lowest BCUT2D eigenvalue weighted by Crippen LogP contribution is -2.10. The van der Waals surface area contributed by atoms with Crippen molar-refractivity contribution in [3.8, 4) is 21.9 Å². The lowest BCUT2D eigenvalue weighted by molar-refractivity contribution is 0.0997. The molecular weight excluding hydrogens is 487 g/mol. The summed E-state index contributed by atoms with van der Waals surface area (Å²) in [7, 11) is 0. The van der Waals surface area contributed by atoms with Gasteiger partial charge in [0.25, 0.3) is 5.91 Å². The van der Waals surface area contributed by atoms with Gasteiger partial charge in [0.15, 0.2) is 5.76 Å². The van der Waals surface area contributed by atoms with Crippen LogP contribution in [0.3, 0.4) is 0 Å². The molecule has 2 heterocycles. The SMILES string of the molecule is O=C(Nc1ccc(-c2nc3ccccc3s2)c(Cl)c1)c1ccc(-c2ccc(Cl)c(Cl)c2)o1. The van der Waals surface area contributed by atoms with Crippen LogP contribution < -0.4 is 5.32 Å². The minimum Gasteiger partial charge on any atom is -0.451 e. The first kappa shape index (κ1) is 21.0. The summed E-state index contributed by atoms with van der Waals surface area (Å²) in [5.41, 5.74) is 3.02. The molecule has 1 amide bonds. The van der Waals surface area contributed by atoms with Gasteiger partial charge in [0.05, 0.1) is 25.3 Å². The summed E-state index contributed by atoms with van der Waals surface area (Å²) in [5, 5.41) is 4.99. The molecule has 32 heavy (non-hydrogen) atoms. The molecule has 0 atom stereocenters. The number of nitrogens with one attached hydrogen (secondary N) is 1. The fourth-order valence-corrected chi connectivity index (χ4v) is 4.84. The Kier molecular flexibility index (Phi) is 5.66. The third-order valence-electron chi connectivity index (χ3n) is 4.79. The zero-order valence-electron chi connectivity index (χ0n) is 16.2. The van der Waals surface area contributed by atoms with Crippen LogP contribution in [0.25, 0.3) is 32.1 Å². The Morgan fingerprint density at radius 2 is 1.72 bits per heavy atom. The van der Waals surface area contributed by atoms with Crippen molar-refractivity contribution in [1.29, 1.82) is 0 Å². The number of carbonyl (C=O) groups is 1. The smallest absolute Gasteiger partial charge is 0.291 e. The topological polar surface area (TPSA) is 55.1 Å². The van der Waals surface area contributed by atoms with E-state index in [-0.39, 0.29) is 11.7 Å². The molecule has 8 heteroatoms. The van der Waals surface area contributed by atoms with E-state index in [1.807, 2.05) is 30.3 Å². The number of amides is 1. The highest BCUT2D eigenvalue weighted by Crippen LogP contribution is 2.36. The van der Waals surface area contributed by atoms with Gasteiger partial charge in [0.1, 0.15) is 10.8 Å². The second-order valence-corrected chi connectivity index (χ2v) is 9.18. The van der Waals surface area contributed by atoms with Crippen molar-refractivity contribution in [2.75, 3.05) is 5.32 Å². The predicted octanol–water partition coefficient (Wildman–Crippen LogP) is 8.44. The van der Waals surface area contributed by atoms with Gasteiger partial charge < -0.3 is 9.73 Å². The standard InChI is InChI=1S/C24H13Cl3N2O2S/c25-16-8-5-13(11-18(16)27)20-9-10-21(31-20)23(30)28-14-6-7-15(17(26)12-14)24-29-19-3-1-2-4-22(19)32-24/h1-12H,(H,28,30). The zero-order chi connectivity index (χ0) is 22.2. The molecule has 0 spiro atoms. The number of thiazole rings is 1. The molecule has 2 aromatic heterocycles. The summed E-state index contributed by atoms with van der Waals surface area (Å²) >= 11 is 20.1. The van der Waals surface area contributed by atoms with Crippen LogP contribution >= 0.6 is 46.1 Å². The normalized spacial score (nSPS) is 11.1. The Hall–Kier alpha value is -2.83. The van der Waals surface area contributed by atoms with E-state index in [4.69, 9.17) is 39.2 Å². The summed E-state index contributed by atoms with van der Waals surface area (Å²) in [6.07, 6.45) is 0. The number of carbonyl (C=O) groups excluding carboxylic acids is 1. The van der Waals surface area contributed by atoms with Crippen molar-refractivity contribution in [3.63, 3.8) is 0 Å². The molecule has 0 aliphatic heterocycles. The average Bonchev–Trinajstić information content (AvgIpc) is 3.43. The Labute approximate surface area is 202 Å². The molecule has 0 saturated carbocycles. The van der Waals surface area contributed by atoms with Gasteiger partial charge in [-0.1, -0.05) is 46.9 Å². The zero-order valence-corrected chi connectivity index (χ0v) is 19.3. The highest BCUT2D eigenvalue weighted by atomic mass is 35.5. The molecule has 0 aliphatic carbocycles. The molecule has 3 aromatic carbocycles. The molecule has 0 saturated heterocycles. The first-order chi connectivity index (χ1) is 15.5. The Morgan fingerprint density at radius 3 is 2.50 bits per heavy atom. The third kappa shape index (κ3) is 4.12. The fourth-order valence-electron chi connectivity index (χ4n) is 3.21. The number of aromatic nitrogens is 1. The number of fused-ring (bicyclic) bond motifs is 1. The maximum absolute atomic E-state index is 12.7. The van der Waals surface area contributed by atoms with Crippen molar-refractivity contribution in [3.05, 3.63) is 93.6 Å². The maximum atomic E-state index is 12.7. The highest BCUT2D eigenvalue weighted by Gasteiger charge is 2.15. The Morgan fingerprint density at radius 1 is 0.875 bits per heavy atom. The van der Waals surface area contributed by atoms with Crippen LogP contribution in [0.2, 0.25) is 15.1 Å². The van der Waals surface area contributed by atoms with Gasteiger partial charge in [-0.05, 0) is 60.7 Å². The minimum atomic E-state index is -0.389. The van der Waals surface area contributed by atoms with E-state index in [1.165, 1.54) is 0 Å². The lowest BCUT2D eigenvalue weighted by atomic mass is 10.2. The number of para-hydroxylation sites is 1. The fraction of sp³-hybridized carbons (Fsp3) is 0. The van der Waals surface area contributed by atoms with Crippen LogP contribution in [0.5, 0.6) is 0 Å². The quantitative estimate of drug-likeness (QED) is 0.270. The van der Waals surface area contributed by atoms with Crippen LogP contribution in [0.15, 0.2) is 77.2 Å². The molecule has 0 aliphatic rings. The van der Waals surface area contributed by atoms with E-state index in [9.17, 15) is 4.79 Å². The molecule has 0 unspecified atom stereocenters. The summed E-state index contributed by atoms with van der Waals surface area (Å²) in [5.74, 6) is 0.287. The van der Waals surface area contributed by atoms with Crippen LogP contribution in [-0.4, -0.2) is 10.9 Å². The summed E-state index contributed by atoms with van der Waals surface area (Å²) in [6.45, 7) is 0. The molecular formula is C24H13Cl3N2O2S. The number of furan rings is 1. The number of rotatable bonds is 4. The van der Waals surface area contributed by atoms with Crippen LogP contribution in [0, 0.1) is 0 Å². The van der Waals surface area contributed by atoms with Crippen LogP contribution in [0.4, 0.5) is 5.69 Å². The number of nitrogens with zero attached hydrogens (tertiary/aromatic N) is 1. The highest BCUT2D eigenvalue weighted by molar-refractivity contribution is 7.21. The molecule has 158 valence electrons. The van der Waals surface area contributed by atoms with Gasteiger partial charge in [-0.3, -0.25) is 4.79 Å². The van der Waals surface area contributed by atoms with Gasteiger partial charge in [0.2, 0.25) is 0 Å². The van der Waals surface area contributed by atoms with Crippen molar-refractivity contribution in [1.82, 2.24) is 4.98 Å². The van der Waals surface area contributed by atoms with Gasteiger partial charge in [-0.2, -0.15) is 0 Å². The monoisotopic (exact) mass is 498 g/mol. The van der Waals surface area contributed by atoms with Crippen LogP contribution in [0.1, 0.15) is 10.6 Å². The van der Waals surface area contributed by atoms with Gasteiger partial charge in [0, 0.05) is 16.8 Å². The first-order valence-electron chi connectivity index (χ1n) is 9.50. The number of anilines is 1. The number of halogens is 3. The van der Waals surface area contributed by atoms with E-state index >= 15 is 0 Å². The van der Waals surface area contributed by atoms with Crippen molar-refractivity contribution in [2.45, 2.75) is 0 Å². The largest absolute Gasteiger partial charge is 0.451 e. The van der Waals surface area contributed by atoms with Gasteiger partial charge in [-0.15, -0.1) is 11.3 Å². The van der Waals surface area contributed by atoms with Crippen LogP contribution in [-0.2, 0) is 0 Å². The van der Waals surface area contributed by atoms with Crippen molar-refractivity contribution in [2.24, 2.45) is 0 Å². The molecule has 1 N–H and O–H groups in total. The second-order valence-electron chi connectivity index (χ2n) is 6.93. The maximum Gasteiger partial charge on any atom is 0.291 e. The molecule has 0 fully saturated rings. The molecule has 0 radical (unpaired) electrons. The van der Waals surface area contributed by atoms with E-state index in [2.05, 4.69) is 10.3 Å².